The number of azo groups is 1. The third-order valence-corrected chi connectivity index (χ3v) is 2.22. The first-order chi connectivity index (χ1) is 8.58. The molecule has 0 fully saturated rings. The Bertz CT molecular complexity index is 561. The molecule has 0 radical (unpaired) electrons. The summed E-state index contributed by atoms with van der Waals surface area (Å²) >= 11 is 0. The van der Waals surface area contributed by atoms with E-state index in [1.807, 2.05) is 0 Å². The Morgan fingerprint density at radius 2 is 1.11 bits per heavy atom. The summed E-state index contributed by atoms with van der Waals surface area (Å²) in [5.74, 6) is -1.28. The Hall–Kier alpha value is -2.50. The highest BCUT2D eigenvalue weighted by Gasteiger charge is 2.16. The van der Waals surface area contributed by atoms with Crippen LogP contribution in [0, 0.1) is 22.0 Å². The second-order valence-corrected chi connectivity index (χ2v) is 3.51. The monoisotopic (exact) mass is 250 g/mol. The van der Waals surface area contributed by atoms with Crippen molar-refractivity contribution in [1.29, 1.82) is 0 Å². The SMILES string of the molecule is [O-]/[N+](c1cccc(F)c1)=[N+](/[O-])c1cccc(F)c1. The van der Waals surface area contributed by atoms with E-state index in [1.54, 1.807) is 0 Å². The molecule has 0 unspecified atom stereocenters. The van der Waals surface area contributed by atoms with Gasteiger partial charge in [0.05, 0.1) is 21.9 Å². The highest BCUT2D eigenvalue weighted by molar-refractivity contribution is 5.30. The van der Waals surface area contributed by atoms with Gasteiger partial charge in [-0.15, -0.1) is 0 Å². The molecule has 0 saturated heterocycles. The summed E-state index contributed by atoms with van der Waals surface area (Å²) in [5, 5.41) is 23.3. The summed E-state index contributed by atoms with van der Waals surface area (Å²) in [6.07, 6.45) is 0. The minimum atomic E-state index is -0.638. The Labute approximate surface area is 101 Å². The van der Waals surface area contributed by atoms with Gasteiger partial charge in [-0.3, -0.25) is 0 Å². The first-order valence-corrected chi connectivity index (χ1v) is 5.03. The predicted molar refractivity (Wildman–Crippen MR) is 59.4 cm³/mol. The number of nitrogens with zero attached hydrogens (tertiary/aromatic N) is 2. The highest BCUT2D eigenvalue weighted by Crippen LogP contribution is 2.18. The van der Waals surface area contributed by atoms with Crippen molar-refractivity contribution in [2.45, 2.75) is 0 Å². The molecule has 0 heterocycles. The van der Waals surface area contributed by atoms with E-state index in [0.29, 0.717) is 0 Å². The molecule has 0 atom stereocenters. The largest absolute Gasteiger partial charge is 0.561 e. The number of halogens is 2. The van der Waals surface area contributed by atoms with Crippen LogP contribution >= 0.6 is 0 Å². The molecule has 0 bridgehead atoms. The summed E-state index contributed by atoms with van der Waals surface area (Å²) in [4.78, 5) is -0.115. The van der Waals surface area contributed by atoms with Gasteiger partial charge in [-0.1, -0.05) is 12.1 Å². The lowest BCUT2D eigenvalue weighted by Gasteiger charge is -2.02. The Morgan fingerprint density at radius 1 is 0.722 bits per heavy atom. The van der Waals surface area contributed by atoms with Crippen LogP contribution in [-0.2, 0) is 0 Å². The molecule has 0 spiro atoms. The Balaban J connectivity index is 2.47. The number of hydrogen-bond acceptors (Lipinski definition) is 2. The van der Waals surface area contributed by atoms with Gasteiger partial charge < -0.3 is 10.4 Å². The van der Waals surface area contributed by atoms with Crippen molar-refractivity contribution in [2.24, 2.45) is 0 Å². The van der Waals surface area contributed by atoms with Crippen molar-refractivity contribution < 1.29 is 18.5 Å². The molecule has 2 rings (SSSR count). The quantitative estimate of drug-likeness (QED) is 0.466. The zero-order chi connectivity index (χ0) is 13.1. The molecule has 0 aliphatic carbocycles. The van der Waals surface area contributed by atoms with E-state index in [1.165, 1.54) is 24.3 Å². The average Bonchev–Trinajstić information content (AvgIpc) is 2.37. The normalized spacial score (nSPS) is 12.1. The maximum Gasteiger partial charge on any atom is 0.290 e. The van der Waals surface area contributed by atoms with E-state index in [-0.39, 0.29) is 21.1 Å². The van der Waals surface area contributed by atoms with E-state index >= 15 is 0 Å². The van der Waals surface area contributed by atoms with Crippen molar-refractivity contribution in [1.82, 2.24) is 0 Å². The molecule has 2 aromatic carbocycles. The van der Waals surface area contributed by atoms with Gasteiger partial charge in [-0.2, -0.15) is 0 Å². The fourth-order valence-corrected chi connectivity index (χ4v) is 1.40. The molecule has 92 valence electrons. The van der Waals surface area contributed by atoms with Crippen LogP contribution in [0.5, 0.6) is 0 Å². The third-order valence-electron chi connectivity index (χ3n) is 2.22. The lowest BCUT2D eigenvalue weighted by molar-refractivity contribution is -0.896. The van der Waals surface area contributed by atoms with E-state index in [4.69, 9.17) is 0 Å². The Morgan fingerprint density at radius 3 is 1.44 bits per heavy atom. The molecule has 0 N–H and O–H groups in total. The van der Waals surface area contributed by atoms with Crippen LogP contribution in [0.15, 0.2) is 48.5 Å². The fourth-order valence-electron chi connectivity index (χ4n) is 1.40. The topological polar surface area (TPSA) is 52.1 Å². The van der Waals surface area contributed by atoms with Gasteiger partial charge in [0.2, 0.25) is 0 Å². The van der Waals surface area contributed by atoms with Crippen molar-refractivity contribution in [3.05, 3.63) is 70.6 Å². The second-order valence-electron chi connectivity index (χ2n) is 3.51. The van der Waals surface area contributed by atoms with Crippen LogP contribution < -0.4 is 0 Å². The fraction of sp³-hybridized carbons (Fsp3) is 0. The first-order valence-electron chi connectivity index (χ1n) is 5.03. The third kappa shape index (κ3) is 2.42. The van der Waals surface area contributed by atoms with Crippen LogP contribution in [0.1, 0.15) is 0 Å². The smallest absolute Gasteiger partial charge is 0.290 e. The van der Waals surface area contributed by atoms with Crippen LogP contribution in [0.2, 0.25) is 0 Å². The summed E-state index contributed by atoms with van der Waals surface area (Å²) < 4.78 is 25.8. The van der Waals surface area contributed by atoms with E-state index in [0.717, 1.165) is 24.3 Å². The van der Waals surface area contributed by atoms with E-state index in [2.05, 4.69) is 0 Å². The maximum absolute atomic E-state index is 12.9. The number of rotatable bonds is 2. The molecule has 0 amide bonds. The highest BCUT2D eigenvalue weighted by atomic mass is 19.1. The maximum atomic E-state index is 12.9. The van der Waals surface area contributed by atoms with Crippen molar-refractivity contribution >= 4 is 11.4 Å². The molecule has 2 aromatic rings. The molecular formula is C12H8F2N2O2. The van der Waals surface area contributed by atoms with Gasteiger partial charge in [0.15, 0.2) is 0 Å². The van der Waals surface area contributed by atoms with Gasteiger partial charge in [0, 0.05) is 12.1 Å². The molecule has 0 aromatic heterocycles. The minimum Gasteiger partial charge on any atom is -0.561 e. The minimum absolute atomic E-state index is 0.0577. The predicted octanol–water partition coefficient (Wildman–Crippen LogP) is 3.40. The van der Waals surface area contributed by atoms with Crippen molar-refractivity contribution in [2.75, 3.05) is 0 Å². The summed E-state index contributed by atoms with van der Waals surface area (Å²) in [6.45, 7) is 0. The summed E-state index contributed by atoms with van der Waals surface area (Å²) in [5.41, 5.74) is -0.344. The van der Waals surface area contributed by atoms with E-state index in [9.17, 15) is 19.2 Å². The zero-order valence-corrected chi connectivity index (χ0v) is 9.09. The lowest BCUT2D eigenvalue weighted by Crippen LogP contribution is -2.08. The molecular weight excluding hydrogens is 242 g/mol. The standard InChI is InChI=1S/C12H8F2N2O2/c13-9-3-1-5-11(7-9)15(17)16(18)12-6-2-4-10(14)8-12/h1-8H/b16-15+. The van der Waals surface area contributed by atoms with Crippen molar-refractivity contribution in [3.8, 4) is 0 Å². The van der Waals surface area contributed by atoms with Crippen molar-refractivity contribution in [3.63, 3.8) is 0 Å². The Kier molecular flexibility index (Phi) is 3.18. The first kappa shape index (κ1) is 12.0. The van der Waals surface area contributed by atoms with Gasteiger partial charge in [-0.25, -0.2) is 8.78 Å². The van der Waals surface area contributed by atoms with Gasteiger partial charge in [0.1, 0.15) is 11.6 Å². The zero-order valence-electron chi connectivity index (χ0n) is 9.09. The van der Waals surface area contributed by atoms with Gasteiger partial charge >= 0.3 is 0 Å². The van der Waals surface area contributed by atoms with Crippen LogP contribution in [0.25, 0.3) is 0 Å². The number of benzene rings is 2. The van der Waals surface area contributed by atoms with Gasteiger partial charge in [-0.05, 0) is 12.1 Å². The molecule has 0 saturated carbocycles. The van der Waals surface area contributed by atoms with Gasteiger partial charge in [0.25, 0.3) is 11.4 Å². The second kappa shape index (κ2) is 4.79. The summed E-state index contributed by atoms with van der Waals surface area (Å²) in [7, 11) is 0. The van der Waals surface area contributed by atoms with Crippen LogP contribution in [0.3, 0.4) is 0 Å². The van der Waals surface area contributed by atoms with E-state index < -0.39 is 11.6 Å². The lowest BCUT2D eigenvalue weighted by atomic mass is 10.3. The van der Waals surface area contributed by atoms with Crippen LogP contribution in [0.4, 0.5) is 20.2 Å². The number of hydrogen-bond donors (Lipinski definition) is 0. The molecule has 0 aliphatic heterocycles. The van der Waals surface area contributed by atoms with Crippen LogP contribution in [-0.4, -0.2) is 9.72 Å². The molecule has 18 heavy (non-hydrogen) atoms. The summed E-state index contributed by atoms with van der Waals surface area (Å²) in [6, 6.07) is 9.28. The molecule has 0 aliphatic rings. The molecule has 4 nitrogen and oxygen atoms in total. The molecule has 6 heteroatoms. The average molecular weight is 250 g/mol.